The first-order valence-corrected chi connectivity index (χ1v) is 7.05. The van der Waals surface area contributed by atoms with Gasteiger partial charge >= 0.3 is 0 Å². The minimum atomic E-state index is -3.26. The molecule has 0 atom stereocenters. The Morgan fingerprint density at radius 1 is 1.40 bits per heavy atom. The molecule has 0 unspecified atom stereocenters. The van der Waals surface area contributed by atoms with Crippen LogP contribution >= 0.6 is 0 Å². The van der Waals surface area contributed by atoms with Crippen molar-refractivity contribution in [2.75, 3.05) is 18.9 Å². The molecule has 4 nitrogen and oxygen atoms in total. The van der Waals surface area contributed by atoms with Crippen LogP contribution in [-0.4, -0.2) is 32.4 Å². The zero-order valence-electron chi connectivity index (χ0n) is 8.91. The first-order chi connectivity index (χ1) is 7.14. The highest BCUT2D eigenvalue weighted by Crippen LogP contribution is 2.19. The summed E-state index contributed by atoms with van der Waals surface area (Å²) in [5.41, 5.74) is 1.35. The number of sulfonamides is 1. The van der Waals surface area contributed by atoms with E-state index in [0.29, 0.717) is 6.54 Å². The molecule has 0 aromatic heterocycles. The summed E-state index contributed by atoms with van der Waals surface area (Å²) in [5, 5.41) is 8.52. The largest absolute Gasteiger partial charge is 0.395 e. The average Bonchev–Trinajstić information content (AvgIpc) is 2.19. The predicted octanol–water partition coefficient (Wildman–Crippen LogP) is 0.789. The van der Waals surface area contributed by atoms with Gasteiger partial charge in [-0.2, -0.15) is 0 Å². The molecule has 0 amide bonds. The summed E-state index contributed by atoms with van der Waals surface area (Å²) in [4.78, 5) is 0. The van der Waals surface area contributed by atoms with Gasteiger partial charge in [0.05, 0.1) is 12.4 Å². The summed E-state index contributed by atoms with van der Waals surface area (Å²) in [7, 11) is -3.26. The van der Waals surface area contributed by atoms with Gasteiger partial charge in [-0.3, -0.25) is 0 Å². The van der Waals surface area contributed by atoms with Crippen molar-refractivity contribution in [1.29, 1.82) is 0 Å². The van der Waals surface area contributed by atoms with Crippen molar-refractivity contribution < 1.29 is 13.5 Å². The zero-order chi connectivity index (χ0) is 11.1. The fourth-order valence-electron chi connectivity index (χ4n) is 1.69. The van der Waals surface area contributed by atoms with Crippen molar-refractivity contribution >= 4 is 10.0 Å². The van der Waals surface area contributed by atoms with Gasteiger partial charge in [-0.05, 0) is 32.1 Å². The van der Waals surface area contributed by atoms with Gasteiger partial charge in [-0.15, -0.1) is 0 Å². The van der Waals surface area contributed by atoms with E-state index in [2.05, 4.69) is 10.8 Å². The Balaban J connectivity index is 2.23. The molecule has 5 heteroatoms. The summed E-state index contributed by atoms with van der Waals surface area (Å²) in [6.07, 6.45) is 7.70. The first kappa shape index (κ1) is 12.7. The van der Waals surface area contributed by atoms with Crippen LogP contribution in [0.4, 0.5) is 0 Å². The number of rotatable bonds is 6. The van der Waals surface area contributed by atoms with Gasteiger partial charge in [0.15, 0.2) is 0 Å². The van der Waals surface area contributed by atoms with Crippen LogP contribution in [0.3, 0.4) is 0 Å². The third-order valence-corrected chi connectivity index (χ3v) is 3.88. The monoisotopic (exact) mass is 233 g/mol. The first-order valence-electron chi connectivity index (χ1n) is 5.40. The number of hydrogen-bond acceptors (Lipinski definition) is 3. The molecule has 1 rings (SSSR count). The van der Waals surface area contributed by atoms with Gasteiger partial charge in [0.2, 0.25) is 10.0 Å². The highest BCUT2D eigenvalue weighted by Gasteiger charge is 2.09. The van der Waals surface area contributed by atoms with E-state index in [1.807, 2.05) is 0 Å². The van der Waals surface area contributed by atoms with Crippen LogP contribution in [0.5, 0.6) is 0 Å². The molecule has 0 aromatic carbocycles. The molecule has 1 aliphatic rings. The molecule has 15 heavy (non-hydrogen) atoms. The van der Waals surface area contributed by atoms with E-state index in [4.69, 9.17) is 5.11 Å². The maximum atomic E-state index is 11.2. The molecular formula is C10H19NO3S. The smallest absolute Gasteiger partial charge is 0.213 e. The molecule has 0 saturated carbocycles. The van der Waals surface area contributed by atoms with Crippen LogP contribution in [0, 0.1) is 0 Å². The minimum Gasteiger partial charge on any atom is -0.395 e. The lowest BCUT2D eigenvalue weighted by Gasteiger charge is -2.12. The Bertz CT molecular complexity index is 309. The van der Waals surface area contributed by atoms with E-state index in [0.717, 1.165) is 19.3 Å². The molecule has 0 aromatic rings. The third kappa shape index (κ3) is 5.30. The van der Waals surface area contributed by atoms with Gasteiger partial charge in [-0.25, -0.2) is 13.1 Å². The minimum absolute atomic E-state index is 0.202. The van der Waals surface area contributed by atoms with E-state index in [9.17, 15) is 8.42 Å². The highest BCUT2D eigenvalue weighted by atomic mass is 32.2. The van der Waals surface area contributed by atoms with Crippen LogP contribution in [0.15, 0.2) is 11.6 Å². The Kier molecular flexibility index (Phi) is 5.28. The fraction of sp³-hybridized carbons (Fsp3) is 0.800. The van der Waals surface area contributed by atoms with Crippen LogP contribution in [0.25, 0.3) is 0 Å². The maximum absolute atomic E-state index is 11.2. The second-order valence-corrected chi connectivity index (χ2v) is 5.72. The lowest BCUT2D eigenvalue weighted by Crippen LogP contribution is -2.29. The van der Waals surface area contributed by atoms with Gasteiger partial charge in [0.1, 0.15) is 0 Å². The van der Waals surface area contributed by atoms with Crippen molar-refractivity contribution in [2.24, 2.45) is 0 Å². The summed E-state index contributed by atoms with van der Waals surface area (Å²) in [6.45, 7) is 0.131. The molecule has 0 heterocycles. The number of nitrogens with one attached hydrogen (secondary N) is 1. The van der Waals surface area contributed by atoms with Crippen molar-refractivity contribution in [3.05, 3.63) is 11.6 Å². The number of aliphatic hydroxyl groups is 1. The molecule has 1 aliphatic carbocycles. The molecule has 0 saturated heterocycles. The third-order valence-electron chi connectivity index (χ3n) is 2.51. The molecule has 0 bridgehead atoms. The summed E-state index contributed by atoms with van der Waals surface area (Å²) in [5.74, 6) is -0.202. The van der Waals surface area contributed by atoms with Gasteiger partial charge in [0, 0.05) is 6.54 Å². The molecule has 0 spiro atoms. The average molecular weight is 233 g/mol. The Morgan fingerprint density at radius 3 is 2.80 bits per heavy atom. The molecule has 2 N–H and O–H groups in total. The Hall–Kier alpha value is -0.390. The van der Waals surface area contributed by atoms with E-state index >= 15 is 0 Å². The van der Waals surface area contributed by atoms with E-state index in [1.165, 1.54) is 18.4 Å². The van der Waals surface area contributed by atoms with Crippen molar-refractivity contribution in [3.8, 4) is 0 Å². The number of hydrogen-bond donors (Lipinski definition) is 2. The molecule has 88 valence electrons. The van der Waals surface area contributed by atoms with Crippen molar-refractivity contribution in [1.82, 2.24) is 4.72 Å². The van der Waals surface area contributed by atoms with Crippen LogP contribution in [0.2, 0.25) is 0 Å². The normalized spacial score (nSPS) is 17.5. The Morgan fingerprint density at radius 2 is 2.20 bits per heavy atom. The molecule has 0 aliphatic heterocycles. The predicted molar refractivity (Wildman–Crippen MR) is 60.0 cm³/mol. The lowest BCUT2D eigenvalue weighted by molar-refractivity contribution is 0.319. The summed E-state index contributed by atoms with van der Waals surface area (Å²) in [6, 6.07) is 0. The molecular weight excluding hydrogens is 214 g/mol. The lowest BCUT2D eigenvalue weighted by atomic mass is 9.97. The maximum Gasteiger partial charge on any atom is 0.213 e. The van der Waals surface area contributed by atoms with Crippen LogP contribution in [0.1, 0.15) is 32.1 Å². The second-order valence-electron chi connectivity index (χ2n) is 3.79. The highest BCUT2D eigenvalue weighted by molar-refractivity contribution is 7.89. The molecule has 0 fully saturated rings. The van der Waals surface area contributed by atoms with Gasteiger partial charge < -0.3 is 5.11 Å². The van der Waals surface area contributed by atoms with Gasteiger partial charge in [0.25, 0.3) is 0 Å². The zero-order valence-corrected chi connectivity index (χ0v) is 9.72. The quantitative estimate of drug-likeness (QED) is 0.667. The SMILES string of the molecule is O=S(=O)(CCO)NCCC1=CCCCC1. The Labute approximate surface area is 91.4 Å². The van der Waals surface area contributed by atoms with Crippen LogP contribution < -0.4 is 4.72 Å². The van der Waals surface area contributed by atoms with E-state index in [1.54, 1.807) is 0 Å². The van der Waals surface area contributed by atoms with Gasteiger partial charge in [-0.1, -0.05) is 11.6 Å². The second kappa shape index (κ2) is 6.25. The fourth-order valence-corrected chi connectivity index (χ4v) is 2.49. The van der Waals surface area contributed by atoms with Crippen LogP contribution in [-0.2, 0) is 10.0 Å². The topological polar surface area (TPSA) is 66.4 Å². The molecule has 0 radical (unpaired) electrons. The standard InChI is InChI=1S/C10H19NO3S/c12-8-9-15(13,14)11-7-6-10-4-2-1-3-5-10/h4,11-12H,1-3,5-9H2. The van der Waals surface area contributed by atoms with E-state index in [-0.39, 0.29) is 12.4 Å². The number of allylic oxidation sites excluding steroid dienone is 1. The summed E-state index contributed by atoms with van der Waals surface area (Å²) >= 11 is 0. The van der Waals surface area contributed by atoms with Crippen molar-refractivity contribution in [2.45, 2.75) is 32.1 Å². The van der Waals surface area contributed by atoms with Crippen molar-refractivity contribution in [3.63, 3.8) is 0 Å². The summed E-state index contributed by atoms with van der Waals surface area (Å²) < 4.78 is 24.8. The number of aliphatic hydroxyl groups excluding tert-OH is 1. The van der Waals surface area contributed by atoms with E-state index < -0.39 is 10.0 Å².